The van der Waals surface area contributed by atoms with Gasteiger partial charge in [0.05, 0.1) is 6.61 Å². The van der Waals surface area contributed by atoms with Gasteiger partial charge in [-0.05, 0) is 5.53 Å². The molecule has 1 heterocycles. The van der Waals surface area contributed by atoms with Crippen molar-refractivity contribution >= 4 is 52.8 Å². The first-order chi connectivity index (χ1) is 12.0. The molecule has 1 fully saturated rings. The molecule has 4 atom stereocenters. The standard InChI is InChI=1S/C12H15Cl3N4O7/c1-5(20)25-7-3-23-10(18-19-16)8(9(7)26-6(2)21)17-11(22)24-4-12(13,14)15/h7-10H,3-4H2,1-2H3,(H,17,22)/t7-,8-,9+,10-/m1/s1. The quantitative estimate of drug-likeness (QED) is 0.174. The Morgan fingerprint density at radius 1 is 1.27 bits per heavy atom. The Morgan fingerprint density at radius 2 is 1.88 bits per heavy atom. The number of amides is 1. The van der Waals surface area contributed by atoms with E-state index in [0.29, 0.717) is 0 Å². The van der Waals surface area contributed by atoms with Gasteiger partial charge in [-0.25, -0.2) is 4.79 Å². The lowest BCUT2D eigenvalue weighted by Crippen LogP contribution is -2.62. The van der Waals surface area contributed by atoms with E-state index >= 15 is 0 Å². The molecule has 146 valence electrons. The maximum Gasteiger partial charge on any atom is 0.407 e. The maximum atomic E-state index is 11.9. The largest absolute Gasteiger partial charge is 0.456 e. The normalized spacial score (nSPS) is 25.4. The highest BCUT2D eigenvalue weighted by Gasteiger charge is 2.45. The van der Waals surface area contributed by atoms with Gasteiger partial charge in [-0.3, -0.25) is 9.59 Å². The zero-order valence-electron chi connectivity index (χ0n) is 13.6. The Bertz CT molecular complexity index is 594. The molecule has 26 heavy (non-hydrogen) atoms. The number of rotatable bonds is 5. The molecular formula is C12H15Cl3N4O7. The Morgan fingerprint density at radius 3 is 2.38 bits per heavy atom. The Labute approximate surface area is 162 Å². The Hall–Kier alpha value is -1.65. The molecule has 0 aromatic carbocycles. The van der Waals surface area contributed by atoms with Crippen LogP contribution in [0.5, 0.6) is 0 Å². The van der Waals surface area contributed by atoms with E-state index < -0.39 is 52.9 Å². The highest BCUT2D eigenvalue weighted by molar-refractivity contribution is 6.67. The predicted molar refractivity (Wildman–Crippen MR) is 88.6 cm³/mol. The Balaban J connectivity index is 3.00. The van der Waals surface area contributed by atoms with Crippen LogP contribution >= 0.6 is 34.8 Å². The molecule has 0 aliphatic carbocycles. The number of hydrogen-bond acceptors (Lipinski definition) is 8. The Kier molecular flexibility index (Phi) is 8.51. The number of nitrogens with zero attached hydrogens (tertiary/aromatic N) is 3. The maximum absolute atomic E-state index is 11.9. The third-order valence-corrected chi connectivity index (χ3v) is 3.22. The molecule has 1 amide bonds. The molecule has 0 saturated carbocycles. The van der Waals surface area contributed by atoms with Crippen molar-refractivity contribution in [3.8, 4) is 0 Å². The van der Waals surface area contributed by atoms with Crippen LogP contribution in [0.15, 0.2) is 5.11 Å². The van der Waals surface area contributed by atoms with Gasteiger partial charge < -0.3 is 24.3 Å². The number of esters is 2. The van der Waals surface area contributed by atoms with E-state index in [1.54, 1.807) is 0 Å². The highest BCUT2D eigenvalue weighted by Crippen LogP contribution is 2.26. The highest BCUT2D eigenvalue weighted by atomic mass is 35.6. The van der Waals surface area contributed by atoms with Crippen LogP contribution in [0, 0.1) is 0 Å². The van der Waals surface area contributed by atoms with Crippen molar-refractivity contribution in [1.82, 2.24) is 5.32 Å². The van der Waals surface area contributed by atoms with Gasteiger partial charge >= 0.3 is 18.0 Å². The summed E-state index contributed by atoms with van der Waals surface area (Å²) < 4.78 is 18.3. The van der Waals surface area contributed by atoms with E-state index in [-0.39, 0.29) is 6.61 Å². The first-order valence-electron chi connectivity index (χ1n) is 7.03. The van der Waals surface area contributed by atoms with Crippen molar-refractivity contribution < 1.29 is 33.3 Å². The van der Waals surface area contributed by atoms with Gasteiger partial charge in [0, 0.05) is 18.8 Å². The lowest BCUT2D eigenvalue weighted by atomic mass is 10.0. The van der Waals surface area contributed by atoms with E-state index in [1.165, 1.54) is 0 Å². The van der Waals surface area contributed by atoms with Crippen LogP contribution in [-0.4, -0.2) is 59.5 Å². The first-order valence-corrected chi connectivity index (χ1v) is 8.17. The van der Waals surface area contributed by atoms with Crippen LogP contribution in [0.1, 0.15) is 13.8 Å². The molecule has 0 aromatic heterocycles. The average Bonchev–Trinajstić information content (AvgIpc) is 2.49. The van der Waals surface area contributed by atoms with Crippen molar-refractivity contribution in [3.05, 3.63) is 10.4 Å². The summed E-state index contributed by atoms with van der Waals surface area (Å²) >= 11 is 16.5. The lowest BCUT2D eigenvalue weighted by molar-refractivity contribution is -0.193. The zero-order valence-corrected chi connectivity index (χ0v) is 15.8. The van der Waals surface area contributed by atoms with E-state index in [9.17, 15) is 14.4 Å². The van der Waals surface area contributed by atoms with Gasteiger partial charge in [-0.1, -0.05) is 39.9 Å². The second-order valence-electron chi connectivity index (χ2n) is 5.01. The average molecular weight is 434 g/mol. The smallest absolute Gasteiger partial charge is 0.407 e. The molecular weight excluding hydrogens is 419 g/mol. The molecule has 0 radical (unpaired) electrons. The fraction of sp³-hybridized carbons (Fsp3) is 0.750. The van der Waals surface area contributed by atoms with Crippen LogP contribution in [0.2, 0.25) is 0 Å². The van der Waals surface area contributed by atoms with Crippen molar-refractivity contribution in [2.24, 2.45) is 5.11 Å². The first kappa shape index (κ1) is 22.4. The van der Waals surface area contributed by atoms with Gasteiger partial charge in [0.25, 0.3) is 0 Å². The minimum atomic E-state index is -1.85. The topological polar surface area (TPSA) is 149 Å². The third-order valence-electron chi connectivity index (χ3n) is 2.90. The second kappa shape index (κ2) is 9.89. The van der Waals surface area contributed by atoms with Gasteiger partial charge in [0.1, 0.15) is 12.6 Å². The third kappa shape index (κ3) is 7.71. The number of carbonyl (C=O) groups is 3. The molecule has 11 nitrogen and oxygen atoms in total. The molecule has 0 unspecified atom stereocenters. The number of carbonyl (C=O) groups excluding carboxylic acids is 3. The molecule has 14 heteroatoms. The number of azide groups is 1. The number of halogens is 3. The number of ether oxygens (including phenoxy) is 4. The fourth-order valence-electron chi connectivity index (χ4n) is 2.08. The molecule has 1 saturated heterocycles. The van der Waals surface area contributed by atoms with Crippen molar-refractivity contribution in [2.45, 2.75) is 42.1 Å². The molecule has 0 aromatic rings. The monoisotopic (exact) mass is 432 g/mol. The van der Waals surface area contributed by atoms with Gasteiger partial charge in [0.2, 0.25) is 3.79 Å². The van der Waals surface area contributed by atoms with E-state index in [2.05, 4.69) is 15.3 Å². The fourth-order valence-corrected chi connectivity index (χ4v) is 2.24. The van der Waals surface area contributed by atoms with Crippen LogP contribution < -0.4 is 5.32 Å². The number of nitrogens with one attached hydrogen (secondary N) is 1. The van der Waals surface area contributed by atoms with Gasteiger partial charge in [0.15, 0.2) is 18.4 Å². The summed E-state index contributed by atoms with van der Waals surface area (Å²) in [5, 5.41) is 5.67. The molecule has 1 aliphatic heterocycles. The number of hydrogen-bond donors (Lipinski definition) is 1. The molecule has 0 spiro atoms. The summed E-state index contributed by atoms with van der Waals surface area (Å²) in [7, 11) is 0. The van der Waals surface area contributed by atoms with Crippen molar-refractivity contribution in [1.29, 1.82) is 0 Å². The van der Waals surface area contributed by atoms with Crippen LogP contribution in [0.25, 0.3) is 10.4 Å². The summed E-state index contributed by atoms with van der Waals surface area (Å²) in [6.07, 6.45) is -4.60. The molecule has 1 rings (SSSR count). The van der Waals surface area contributed by atoms with Crippen molar-refractivity contribution in [2.75, 3.05) is 13.2 Å². The minimum absolute atomic E-state index is 0.234. The summed E-state index contributed by atoms with van der Waals surface area (Å²) in [5.74, 6) is -1.40. The lowest BCUT2D eigenvalue weighted by Gasteiger charge is -2.39. The summed E-state index contributed by atoms with van der Waals surface area (Å²) in [6, 6.07) is -1.23. The SMILES string of the molecule is CC(=O)O[C@@H]1[C@@H](NC(=O)OCC(Cl)(Cl)Cl)[C@H](N=[N+]=[N-])OC[C@H]1OC(C)=O. The van der Waals surface area contributed by atoms with Crippen LogP contribution in [0.4, 0.5) is 4.79 Å². The van der Waals surface area contributed by atoms with Crippen LogP contribution in [0.3, 0.4) is 0 Å². The summed E-state index contributed by atoms with van der Waals surface area (Å²) in [6.45, 7) is 1.45. The summed E-state index contributed by atoms with van der Waals surface area (Å²) in [4.78, 5) is 37.1. The zero-order chi connectivity index (χ0) is 19.9. The van der Waals surface area contributed by atoms with E-state index in [0.717, 1.165) is 13.8 Å². The van der Waals surface area contributed by atoms with Crippen molar-refractivity contribution in [3.63, 3.8) is 0 Å². The molecule has 1 aliphatic rings. The number of alkyl halides is 3. The molecule has 0 bridgehead atoms. The number of alkyl carbamates (subject to hydrolysis) is 1. The van der Waals surface area contributed by atoms with Crippen LogP contribution in [-0.2, 0) is 28.5 Å². The van der Waals surface area contributed by atoms with E-state index in [1.807, 2.05) is 0 Å². The molecule has 1 N–H and O–H groups in total. The second-order valence-corrected chi connectivity index (χ2v) is 7.53. The van der Waals surface area contributed by atoms with Gasteiger partial charge in [-0.15, -0.1) is 0 Å². The minimum Gasteiger partial charge on any atom is -0.456 e. The summed E-state index contributed by atoms with van der Waals surface area (Å²) in [5.41, 5.74) is 8.65. The van der Waals surface area contributed by atoms with E-state index in [4.69, 9.17) is 59.3 Å². The van der Waals surface area contributed by atoms with Gasteiger partial charge in [-0.2, -0.15) is 0 Å². The predicted octanol–water partition coefficient (Wildman–Crippen LogP) is 1.98.